The lowest BCUT2D eigenvalue weighted by Gasteiger charge is -2.28. The van der Waals surface area contributed by atoms with Gasteiger partial charge in [0, 0.05) is 31.9 Å². The highest BCUT2D eigenvalue weighted by Crippen LogP contribution is 2.22. The molecule has 0 atom stereocenters. The normalized spacial score (nSPS) is 19.5. The summed E-state index contributed by atoms with van der Waals surface area (Å²) in [6.07, 6.45) is 8.31. The zero-order valence-electron chi connectivity index (χ0n) is 15.1. The number of rotatable bonds is 3. The van der Waals surface area contributed by atoms with Gasteiger partial charge in [-0.3, -0.25) is 4.79 Å². The van der Waals surface area contributed by atoms with Crippen molar-refractivity contribution in [2.24, 2.45) is 0 Å². The Bertz CT molecular complexity index is 558. The third kappa shape index (κ3) is 4.05. The van der Waals surface area contributed by atoms with Crippen molar-refractivity contribution in [3.8, 4) is 0 Å². The maximum atomic E-state index is 13.0. The first-order chi connectivity index (χ1) is 11.6. The van der Waals surface area contributed by atoms with Gasteiger partial charge in [-0.25, -0.2) is 9.97 Å². The van der Waals surface area contributed by atoms with Crippen molar-refractivity contribution in [1.29, 1.82) is 0 Å². The highest BCUT2D eigenvalue weighted by Gasteiger charge is 2.23. The van der Waals surface area contributed by atoms with E-state index in [1.807, 2.05) is 11.0 Å². The van der Waals surface area contributed by atoms with Gasteiger partial charge < -0.3 is 9.80 Å². The van der Waals surface area contributed by atoms with Crippen molar-refractivity contribution in [3.05, 3.63) is 17.5 Å². The fraction of sp³-hybridized carbons (Fsp3) is 0.737. The van der Waals surface area contributed by atoms with Gasteiger partial charge in [0.15, 0.2) is 0 Å². The number of carbonyl (C=O) groups is 1. The lowest BCUT2D eigenvalue weighted by Crippen LogP contribution is -2.35. The van der Waals surface area contributed by atoms with Crippen LogP contribution in [0, 0.1) is 0 Å². The van der Waals surface area contributed by atoms with Crippen molar-refractivity contribution in [1.82, 2.24) is 14.9 Å². The van der Waals surface area contributed by atoms with E-state index in [2.05, 4.69) is 23.7 Å². The molecule has 24 heavy (non-hydrogen) atoms. The summed E-state index contributed by atoms with van der Waals surface area (Å²) in [5.41, 5.74) is 1.56. The van der Waals surface area contributed by atoms with Crippen LogP contribution in [0.25, 0.3) is 0 Å². The Kier molecular flexibility index (Phi) is 5.69. The van der Waals surface area contributed by atoms with Crippen molar-refractivity contribution < 1.29 is 4.79 Å². The Hall–Kier alpha value is -1.65. The Balaban J connectivity index is 1.87. The molecule has 3 rings (SSSR count). The summed E-state index contributed by atoms with van der Waals surface area (Å²) in [5.74, 6) is 1.13. The van der Waals surface area contributed by atoms with Crippen LogP contribution in [0.15, 0.2) is 6.07 Å². The smallest absolute Gasteiger partial charge is 0.272 e. The molecule has 0 unspecified atom stereocenters. The summed E-state index contributed by atoms with van der Waals surface area (Å²) in [6, 6.07) is 1.91. The van der Waals surface area contributed by atoms with Crippen molar-refractivity contribution in [2.45, 2.75) is 64.7 Å². The lowest BCUT2D eigenvalue weighted by atomic mass is 10.1. The molecule has 0 aromatic carbocycles. The van der Waals surface area contributed by atoms with Crippen LogP contribution < -0.4 is 4.90 Å². The number of anilines is 1. The SMILES string of the molecule is CC(C)c1cc(C(=O)N2CCCCCC2)nc(N2CCCCC2)n1. The molecule has 132 valence electrons. The van der Waals surface area contributed by atoms with E-state index >= 15 is 0 Å². The van der Waals surface area contributed by atoms with Gasteiger partial charge in [-0.2, -0.15) is 0 Å². The van der Waals surface area contributed by atoms with Crippen LogP contribution in [0.2, 0.25) is 0 Å². The van der Waals surface area contributed by atoms with Crippen LogP contribution in [-0.4, -0.2) is 47.0 Å². The molecule has 2 aliphatic rings. The van der Waals surface area contributed by atoms with Gasteiger partial charge in [0.2, 0.25) is 5.95 Å². The molecule has 5 heteroatoms. The molecule has 0 spiro atoms. The van der Waals surface area contributed by atoms with Gasteiger partial charge in [0.1, 0.15) is 5.69 Å². The van der Waals surface area contributed by atoms with Gasteiger partial charge >= 0.3 is 0 Å². The highest BCUT2D eigenvalue weighted by atomic mass is 16.2. The largest absolute Gasteiger partial charge is 0.341 e. The maximum absolute atomic E-state index is 13.0. The zero-order valence-corrected chi connectivity index (χ0v) is 15.1. The number of nitrogens with zero attached hydrogens (tertiary/aromatic N) is 4. The second kappa shape index (κ2) is 7.95. The standard InChI is InChI=1S/C19H30N4O/c1-15(2)16-14-17(18(24)22-10-6-3-4-7-11-22)21-19(20-16)23-12-8-5-9-13-23/h14-15H,3-13H2,1-2H3. The summed E-state index contributed by atoms with van der Waals surface area (Å²) < 4.78 is 0. The zero-order chi connectivity index (χ0) is 16.9. The molecular formula is C19H30N4O. The minimum absolute atomic E-state index is 0.0828. The van der Waals surface area contributed by atoms with Crippen molar-refractivity contribution in [3.63, 3.8) is 0 Å². The number of piperidine rings is 1. The third-order valence-electron chi connectivity index (χ3n) is 5.08. The van der Waals surface area contributed by atoms with Crippen LogP contribution in [-0.2, 0) is 0 Å². The maximum Gasteiger partial charge on any atom is 0.272 e. The van der Waals surface area contributed by atoms with E-state index in [4.69, 9.17) is 4.98 Å². The number of carbonyl (C=O) groups excluding carboxylic acids is 1. The molecule has 2 saturated heterocycles. The predicted molar refractivity (Wildman–Crippen MR) is 96.6 cm³/mol. The second-order valence-corrected chi connectivity index (χ2v) is 7.39. The average molecular weight is 330 g/mol. The summed E-state index contributed by atoms with van der Waals surface area (Å²) in [6.45, 7) is 7.97. The molecule has 1 aromatic rings. The average Bonchev–Trinajstić information content (AvgIpc) is 2.91. The fourth-order valence-electron chi connectivity index (χ4n) is 3.53. The van der Waals surface area contributed by atoms with Gasteiger partial charge in [-0.05, 0) is 44.1 Å². The minimum atomic E-state index is 0.0828. The number of aromatic nitrogens is 2. The predicted octanol–water partition coefficient (Wildman–Crippen LogP) is 3.61. The molecule has 5 nitrogen and oxygen atoms in total. The monoisotopic (exact) mass is 330 g/mol. The van der Waals surface area contributed by atoms with Crippen molar-refractivity contribution >= 4 is 11.9 Å². The van der Waals surface area contributed by atoms with Crippen LogP contribution >= 0.6 is 0 Å². The Morgan fingerprint density at radius 2 is 1.50 bits per heavy atom. The molecular weight excluding hydrogens is 300 g/mol. The topological polar surface area (TPSA) is 49.3 Å². The van der Waals surface area contributed by atoms with Crippen LogP contribution in [0.1, 0.15) is 80.9 Å². The minimum Gasteiger partial charge on any atom is -0.341 e. The van der Waals surface area contributed by atoms with Crippen LogP contribution in [0.5, 0.6) is 0 Å². The second-order valence-electron chi connectivity index (χ2n) is 7.39. The lowest BCUT2D eigenvalue weighted by molar-refractivity contribution is 0.0755. The van der Waals surface area contributed by atoms with E-state index in [0.717, 1.165) is 50.7 Å². The number of hydrogen-bond acceptors (Lipinski definition) is 4. The first-order valence-corrected chi connectivity index (χ1v) is 9.58. The summed E-state index contributed by atoms with van der Waals surface area (Å²) in [7, 11) is 0. The molecule has 0 bridgehead atoms. The molecule has 2 aliphatic heterocycles. The quantitative estimate of drug-likeness (QED) is 0.849. The van der Waals surface area contributed by atoms with Crippen LogP contribution in [0.4, 0.5) is 5.95 Å². The highest BCUT2D eigenvalue weighted by molar-refractivity contribution is 5.92. The number of amides is 1. The molecule has 0 N–H and O–H groups in total. The van der Waals surface area contributed by atoms with Gasteiger partial charge in [-0.1, -0.05) is 26.7 Å². The summed E-state index contributed by atoms with van der Waals surface area (Å²) >= 11 is 0. The Morgan fingerprint density at radius 1 is 0.917 bits per heavy atom. The van der Waals surface area contributed by atoms with Crippen molar-refractivity contribution in [2.75, 3.05) is 31.1 Å². The van der Waals surface area contributed by atoms with E-state index in [1.54, 1.807) is 0 Å². The molecule has 2 fully saturated rings. The van der Waals surface area contributed by atoms with E-state index in [1.165, 1.54) is 32.1 Å². The van der Waals surface area contributed by atoms with Gasteiger partial charge in [0.05, 0.1) is 0 Å². The Labute approximate surface area is 145 Å². The number of hydrogen-bond donors (Lipinski definition) is 0. The third-order valence-corrected chi connectivity index (χ3v) is 5.08. The van der Waals surface area contributed by atoms with E-state index < -0.39 is 0 Å². The molecule has 0 radical (unpaired) electrons. The van der Waals surface area contributed by atoms with Gasteiger partial charge in [-0.15, -0.1) is 0 Å². The first kappa shape index (κ1) is 17.2. The van der Waals surface area contributed by atoms with E-state index in [9.17, 15) is 4.79 Å². The fourth-order valence-corrected chi connectivity index (χ4v) is 3.53. The molecule has 1 amide bonds. The summed E-state index contributed by atoms with van der Waals surface area (Å²) in [4.78, 5) is 26.6. The molecule has 0 saturated carbocycles. The summed E-state index contributed by atoms with van der Waals surface area (Å²) in [5, 5.41) is 0. The first-order valence-electron chi connectivity index (χ1n) is 9.58. The van der Waals surface area contributed by atoms with E-state index in [0.29, 0.717) is 11.6 Å². The van der Waals surface area contributed by atoms with Crippen LogP contribution in [0.3, 0.4) is 0 Å². The van der Waals surface area contributed by atoms with Gasteiger partial charge in [0.25, 0.3) is 5.91 Å². The van der Waals surface area contributed by atoms with E-state index in [-0.39, 0.29) is 5.91 Å². The molecule has 3 heterocycles. The molecule has 0 aliphatic carbocycles. The molecule has 1 aromatic heterocycles. The number of likely N-dealkylation sites (tertiary alicyclic amines) is 1. The Morgan fingerprint density at radius 3 is 2.12 bits per heavy atom.